The number of pyridine rings is 1. The maximum absolute atomic E-state index is 4.73. The Hall–Kier alpha value is -1.61. The van der Waals surface area contributed by atoms with E-state index in [1.54, 1.807) is 0 Å². The lowest BCUT2D eigenvalue weighted by Crippen LogP contribution is -2.22. The summed E-state index contributed by atoms with van der Waals surface area (Å²) < 4.78 is 0. The quantitative estimate of drug-likeness (QED) is 0.839. The Morgan fingerprint density at radius 3 is 2.55 bits per heavy atom. The third-order valence-electron chi connectivity index (χ3n) is 3.16. The second kappa shape index (κ2) is 6.71. The largest absolute Gasteiger partial charge is 0.384 e. The number of para-hydroxylation sites is 1. The first kappa shape index (κ1) is 14.8. The first-order valence-corrected chi connectivity index (χ1v) is 7.42. The standard InChI is InChI=1S/C17H25N3/c1-12(2)10-19-17-9-14(11-18-13(3)4)20-16-8-6-5-7-15(16)17/h5-9,12-13,18H,10-11H2,1-4H3,(H,19,20). The number of nitrogens with zero attached hydrogens (tertiary/aromatic N) is 1. The van der Waals surface area contributed by atoms with Crippen molar-refractivity contribution in [3.05, 3.63) is 36.0 Å². The molecule has 0 unspecified atom stereocenters. The minimum absolute atomic E-state index is 0.468. The molecule has 3 nitrogen and oxygen atoms in total. The Morgan fingerprint density at radius 2 is 1.85 bits per heavy atom. The molecule has 0 bridgehead atoms. The number of hydrogen-bond acceptors (Lipinski definition) is 3. The number of rotatable bonds is 6. The van der Waals surface area contributed by atoms with Crippen LogP contribution in [0.3, 0.4) is 0 Å². The summed E-state index contributed by atoms with van der Waals surface area (Å²) in [7, 11) is 0. The second-order valence-corrected chi connectivity index (χ2v) is 5.99. The molecule has 0 aliphatic heterocycles. The minimum Gasteiger partial charge on any atom is -0.384 e. The van der Waals surface area contributed by atoms with E-state index in [4.69, 9.17) is 4.98 Å². The van der Waals surface area contributed by atoms with Gasteiger partial charge >= 0.3 is 0 Å². The summed E-state index contributed by atoms with van der Waals surface area (Å²) in [6.07, 6.45) is 0. The highest BCUT2D eigenvalue weighted by atomic mass is 14.9. The van der Waals surface area contributed by atoms with Gasteiger partial charge in [-0.05, 0) is 18.1 Å². The Morgan fingerprint density at radius 1 is 1.10 bits per heavy atom. The second-order valence-electron chi connectivity index (χ2n) is 5.99. The molecule has 0 amide bonds. The number of hydrogen-bond donors (Lipinski definition) is 2. The van der Waals surface area contributed by atoms with Crippen molar-refractivity contribution in [2.24, 2.45) is 5.92 Å². The van der Waals surface area contributed by atoms with E-state index in [0.29, 0.717) is 12.0 Å². The predicted molar refractivity (Wildman–Crippen MR) is 87.0 cm³/mol. The molecule has 1 aromatic heterocycles. The fourth-order valence-electron chi connectivity index (χ4n) is 2.09. The molecule has 3 heteroatoms. The van der Waals surface area contributed by atoms with Crippen molar-refractivity contribution in [2.45, 2.75) is 40.3 Å². The summed E-state index contributed by atoms with van der Waals surface area (Å²) in [5, 5.41) is 8.17. The van der Waals surface area contributed by atoms with Crippen molar-refractivity contribution >= 4 is 16.6 Å². The summed E-state index contributed by atoms with van der Waals surface area (Å²) >= 11 is 0. The lowest BCUT2D eigenvalue weighted by molar-refractivity contribution is 0.582. The topological polar surface area (TPSA) is 37.0 Å². The molecule has 2 rings (SSSR count). The molecule has 0 aliphatic carbocycles. The molecule has 1 aromatic carbocycles. The van der Waals surface area contributed by atoms with Gasteiger partial charge in [0.1, 0.15) is 0 Å². The zero-order chi connectivity index (χ0) is 14.5. The molecule has 0 aliphatic rings. The van der Waals surface area contributed by atoms with Crippen LogP contribution < -0.4 is 10.6 Å². The van der Waals surface area contributed by atoms with Gasteiger partial charge in [-0.25, -0.2) is 0 Å². The average molecular weight is 271 g/mol. The van der Waals surface area contributed by atoms with Crippen molar-refractivity contribution in [1.29, 1.82) is 0 Å². The summed E-state index contributed by atoms with van der Waals surface area (Å²) in [6, 6.07) is 11.0. The van der Waals surface area contributed by atoms with Gasteiger partial charge in [0.05, 0.1) is 11.2 Å². The number of nitrogens with one attached hydrogen (secondary N) is 2. The average Bonchev–Trinajstić information content (AvgIpc) is 2.42. The zero-order valence-corrected chi connectivity index (χ0v) is 12.9. The molecule has 0 atom stereocenters. The smallest absolute Gasteiger partial charge is 0.0726 e. The normalized spacial score (nSPS) is 11.5. The highest BCUT2D eigenvalue weighted by Gasteiger charge is 2.06. The van der Waals surface area contributed by atoms with Gasteiger partial charge in [-0.15, -0.1) is 0 Å². The van der Waals surface area contributed by atoms with Crippen LogP contribution in [-0.4, -0.2) is 17.6 Å². The van der Waals surface area contributed by atoms with E-state index in [-0.39, 0.29) is 0 Å². The van der Waals surface area contributed by atoms with E-state index >= 15 is 0 Å². The van der Waals surface area contributed by atoms with Gasteiger partial charge < -0.3 is 10.6 Å². The molecular formula is C17H25N3. The highest BCUT2D eigenvalue weighted by molar-refractivity contribution is 5.91. The molecule has 20 heavy (non-hydrogen) atoms. The zero-order valence-electron chi connectivity index (χ0n) is 12.9. The van der Waals surface area contributed by atoms with Crippen LogP contribution in [0.2, 0.25) is 0 Å². The summed E-state index contributed by atoms with van der Waals surface area (Å²) in [4.78, 5) is 4.73. The van der Waals surface area contributed by atoms with Crippen LogP contribution >= 0.6 is 0 Å². The molecule has 2 N–H and O–H groups in total. The third-order valence-corrected chi connectivity index (χ3v) is 3.16. The number of aromatic nitrogens is 1. The predicted octanol–water partition coefficient (Wildman–Crippen LogP) is 3.80. The molecule has 2 aromatic rings. The van der Waals surface area contributed by atoms with Crippen molar-refractivity contribution < 1.29 is 0 Å². The van der Waals surface area contributed by atoms with Crippen molar-refractivity contribution in [3.8, 4) is 0 Å². The maximum atomic E-state index is 4.73. The first-order chi connectivity index (χ1) is 9.56. The molecule has 0 radical (unpaired) electrons. The van der Waals surface area contributed by atoms with Crippen LogP contribution in [0.25, 0.3) is 10.9 Å². The summed E-state index contributed by atoms with van der Waals surface area (Å²) in [5.74, 6) is 0.624. The van der Waals surface area contributed by atoms with Crippen molar-refractivity contribution in [2.75, 3.05) is 11.9 Å². The monoisotopic (exact) mass is 271 g/mol. The lowest BCUT2D eigenvalue weighted by atomic mass is 10.1. The van der Waals surface area contributed by atoms with Crippen molar-refractivity contribution in [3.63, 3.8) is 0 Å². The van der Waals surface area contributed by atoms with Gasteiger partial charge in [-0.3, -0.25) is 4.98 Å². The lowest BCUT2D eigenvalue weighted by Gasteiger charge is -2.14. The van der Waals surface area contributed by atoms with Gasteiger partial charge in [0.25, 0.3) is 0 Å². The van der Waals surface area contributed by atoms with Gasteiger partial charge in [-0.1, -0.05) is 45.9 Å². The Labute approximate surface area is 121 Å². The number of fused-ring (bicyclic) bond motifs is 1. The molecule has 0 fully saturated rings. The van der Waals surface area contributed by atoms with E-state index in [0.717, 1.165) is 24.3 Å². The van der Waals surface area contributed by atoms with E-state index in [1.165, 1.54) is 11.1 Å². The molecule has 0 spiro atoms. The highest BCUT2D eigenvalue weighted by Crippen LogP contribution is 2.23. The Bertz CT molecular complexity index is 561. The van der Waals surface area contributed by atoms with Gasteiger partial charge in [-0.2, -0.15) is 0 Å². The maximum Gasteiger partial charge on any atom is 0.0726 e. The number of benzene rings is 1. The molecular weight excluding hydrogens is 246 g/mol. The summed E-state index contributed by atoms with van der Waals surface area (Å²) in [5.41, 5.74) is 3.33. The molecule has 1 heterocycles. The van der Waals surface area contributed by atoms with Gasteiger partial charge in [0, 0.05) is 30.2 Å². The third kappa shape index (κ3) is 3.94. The summed E-state index contributed by atoms with van der Waals surface area (Å²) in [6.45, 7) is 10.5. The van der Waals surface area contributed by atoms with Gasteiger partial charge in [0.2, 0.25) is 0 Å². The first-order valence-electron chi connectivity index (χ1n) is 7.42. The molecule has 0 saturated heterocycles. The van der Waals surface area contributed by atoms with E-state index in [9.17, 15) is 0 Å². The Kier molecular flexibility index (Phi) is 4.96. The van der Waals surface area contributed by atoms with Crippen LogP contribution in [0, 0.1) is 5.92 Å². The van der Waals surface area contributed by atoms with Crippen LogP contribution in [-0.2, 0) is 6.54 Å². The minimum atomic E-state index is 0.468. The van der Waals surface area contributed by atoms with Crippen LogP contribution in [0.5, 0.6) is 0 Å². The van der Waals surface area contributed by atoms with Crippen LogP contribution in [0.15, 0.2) is 30.3 Å². The van der Waals surface area contributed by atoms with Gasteiger partial charge in [0.15, 0.2) is 0 Å². The van der Waals surface area contributed by atoms with Crippen LogP contribution in [0.4, 0.5) is 5.69 Å². The molecule has 0 saturated carbocycles. The molecule has 108 valence electrons. The SMILES string of the molecule is CC(C)CNc1cc(CNC(C)C)nc2ccccc12. The van der Waals surface area contributed by atoms with Crippen molar-refractivity contribution in [1.82, 2.24) is 10.3 Å². The fourth-order valence-corrected chi connectivity index (χ4v) is 2.09. The van der Waals surface area contributed by atoms with E-state index < -0.39 is 0 Å². The fraction of sp³-hybridized carbons (Fsp3) is 0.471. The van der Waals surface area contributed by atoms with E-state index in [2.05, 4.69) is 62.6 Å². The number of anilines is 1. The van der Waals surface area contributed by atoms with Crippen LogP contribution in [0.1, 0.15) is 33.4 Å². The Balaban J connectivity index is 2.31. The van der Waals surface area contributed by atoms with E-state index in [1.807, 2.05) is 6.07 Å².